The topological polar surface area (TPSA) is 51.2 Å². The molecule has 2 aromatic carbocycles. The van der Waals surface area contributed by atoms with Crippen LogP contribution in [0.1, 0.15) is 22.9 Å². The first kappa shape index (κ1) is 13.2. The number of fused-ring (bicyclic) bond motifs is 1. The van der Waals surface area contributed by atoms with Crippen LogP contribution in [0.25, 0.3) is 11.0 Å². The van der Waals surface area contributed by atoms with Gasteiger partial charge in [-0.1, -0.05) is 35.9 Å². The molecule has 1 atom stereocenters. The highest BCUT2D eigenvalue weighted by atomic mass is 35.5. The van der Waals surface area contributed by atoms with Crippen molar-refractivity contribution in [2.24, 2.45) is 5.84 Å². The van der Waals surface area contributed by atoms with Crippen LogP contribution in [0.4, 0.5) is 0 Å². The van der Waals surface area contributed by atoms with E-state index in [1.165, 1.54) is 0 Å². The van der Waals surface area contributed by atoms with E-state index in [4.69, 9.17) is 21.9 Å². The summed E-state index contributed by atoms with van der Waals surface area (Å²) in [6.45, 7) is 2.03. The highest BCUT2D eigenvalue weighted by molar-refractivity contribution is 6.30. The van der Waals surface area contributed by atoms with Gasteiger partial charge in [-0.15, -0.1) is 0 Å². The van der Waals surface area contributed by atoms with Gasteiger partial charge in [-0.3, -0.25) is 5.84 Å². The normalized spacial score (nSPS) is 12.8. The predicted octanol–water partition coefficient (Wildman–Crippen LogP) is 3.95. The number of rotatable bonds is 3. The molecule has 0 saturated heterocycles. The van der Waals surface area contributed by atoms with E-state index in [9.17, 15) is 0 Å². The van der Waals surface area contributed by atoms with Crippen LogP contribution in [0.2, 0.25) is 5.02 Å². The molecule has 0 aliphatic carbocycles. The third kappa shape index (κ3) is 2.31. The number of hydrazine groups is 1. The van der Waals surface area contributed by atoms with Crippen molar-refractivity contribution in [3.05, 3.63) is 70.4 Å². The quantitative estimate of drug-likeness (QED) is 0.566. The average molecular weight is 287 g/mol. The molecule has 1 aromatic heterocycles. The Morgan fingerprint density at radius 3 is 2.70 bits per heavy atom. The Hall–Kier alpha value is -1.81. The second-order valence-corrected chi connectivity index (χ2v) is 5.22. The number of nitrogens with two attached hydrogens (primary N) is 1. The fraction of sp³-hybridized carbons (Fsp3) is 0.125. The van der Waals surface area contributed by atoms with E-state index in [0.717, 1.165) is 27.9 Å². The molecule has 3 rings (SSSR count). The summed E-state index contributed by atoms with van der Waals surface area (Å²) in [5.74, 6) is 6.50. The standard InChI is InChI=1S/C16H15ClN2O/c1-10-6-7-12(17)9-13(10)16(19-18)15-8-11-4-2-3-5-14(11)20-15/h2-9,16,19H,18H2,1H3. The Labute approximate surface area is 122 Å². The van der Waals surface area contributed by atoms with Crippen molar-refractivity contribution in [1.82, 2.24) is 5.43 Å². The molecular formula is C16H15ClN2O. The lowest BCUT2D eigenvalue weighted by Gasteiger charge is -2.16. The van der Waals surface area contributed by atoms with Gasteiger partial charge >= 0.3 is 0 Å². The Morgan fingerprint density at radius 1 is 1.15 bits per heavy atom. The van der Waals surface area contributed by atoms with Gasteiger partial charge in [0, 0.05) is 10.4 Å². The van der Waals surface area contributed by atoms with Gasteiger partial charge in [0.15, 0.2) is 0 Å². The molecule has 1 heterocycles. The van der Waals surface area contributed by atoms with Crippen LogP contribution in [0, 0.1) is 6.92 Å². The molecule has 0 aliphatic rings. The van der Waals surface area contributed by atoms with E-state index in [2.05, 4.69) is 5.43 Å². The first-order valence-corrected chi connectivity index (χ1v) is 6.77. The van der Waals surface area contributed by atoms with Gasteiger partial charge in [-0.2, -0.15) is 0 Å². The first-order chi connectivity index (χ1) is 9.69. The van der Waals surface area contributed by atoms with Crippen LogP contribution >= 0.6 is 11.6 Å². The van der Waals surface area contributed by atoms with Crippen LogP contribution in [0.3, 0.4) is 0 Å². The zero-order valence-electron chi connectivity index (χ0n) is 11.1. The minimum Gasteiger partial charge on any atom is -0.459 e. The molecule has 102 valence electrons. The zero-order chi connectivity index (χ0) is 14.1. The molecule has 0 aliphatic heterocycles. The number of aryl methyl sites for hydroxylation is 1. The Bertz CT molecular complexity index is 718. The molecule has 0 fully saturated rings. The van der Waals surface area contributed by atoms with E-state index < -0.39 is 0 Å². The molecule has 20 heavy (non-hydrogen) atoms. The Balaban J connectivity index is 2.11. The molecule has 3 N–H and O–H groups in total. The van der Waals surface area contributed by atoms with Crippen LogP contribution in [0.5, 0.6) is 0 Å². The fourth-order valence-corrected chi connectivity index (χ4v) is 2.57. The van der Waals surface area contributed by atoms with Gasteiger partial charge in [-0.25, -0.2) is 5.43 Å². The van der Waals surface area contributed by atoms with Crippen molar-refractivity contribution in [2.45, 2.75) is 13.0 Å². The highest BCUT2D eigenvalue weighted by Gasteiger charge is 2.19. The third-order valence-corrected chi connectivity index (χ3v) is 3.68. The smallest absolute Gasteiger partial charge is 0.134 e. The number of halogens is 1. The van der Waals surface area contributed by atoms with E-state index in [0.29, 0.717) is 5.02 Å². The van der Waals surface area contributed by atoms with Crippen LogP contribution in [-0.4, -0.2) is 0 Å². The zero-order valence-corrected chi connectivity index (χ0v) is 11.8. The van der Waals surface area contributed by atoms with Crippen molar-refractivity contribution < 1.29 is 4.42 Å². The first-order valence-electron chi connectivity index (χ1n) is 6.39. The van der Waals surface area contributed by atoms with Crippen LogP contribution < -0.4 is 11.3 Å². The predicted molar refractivity (Wildman–Crippen MR) is 81.6 cm³/mol. The van der Waals surface area contributed by atoms with E-state index in [1.54, 1.807) is 0 Å². The number of hydrogen-bond acceptors (Lipinski definition) is 3. The number of nitrogens with one attached hydrogen (secondary N) is 1. The molecule has 0 saturated carbocycles. The SMILES string of the molecule is Cc1ccc(Cl)cc1C(NN)c1cc2ccccc2o1. The fourth-order valence-electron chi connectivity index (χ4n) is 2.39. The van der Waals surface area contributed by atoms with Crippen molar-refractivity contribution in [3.8, 4) is 0 Å². The average Bonchev–Trinajstić information content (AvgIpc) is 2.87. The summed E-state index contributed by atoms with van der Waals surface area (Å²) in [4.78, 5) is 0. The van der Waals surface area contributed by atoms with Crippen LogP contribution in [0.15, 0.2) is 52.9 Å². The largest absolute Gasteiger partial charge is 0.459 e. The van der Waals surface area contributed by atoms with Crippen molar-refractivity contribution >= 4 is 22.6 Å². The number of benzene rings is 2. The lowest BCUT2D eigenvalue weighted by molar-refractivity contribution is 0.476. The van der Waals surface area contributed by atoms with Crippen LogP contribution in [-0.2, 0) is 0 Å². The molecule has 0 bridgehead atoms. The van der Waals surface area contributed by atoms with E-state index >= 15 is 0 Å². The molecule has 3 aromatic rings. The van der Waals surface area contributed by atoms with E-state index in [-0.39, 0.29) is 6.04 Å². The summed E-state index contributed by atoms with van der Waals surface area (Å²) >= 11 is 6.08. The Morgan fingerprint density at radius 2 is 1.95 bits per heavy atom. The summed E-state index contributed by atoms with van der Waals surface area (Å²) in [5, 5.41) is 1.74. The Kier molecular flexibility index (Phi) is 3.49. The minimum absolute atomic E-state index is 0.221. The van der Waals surface area contributed by atoms with Gasteiger partial charge in [-0.05, 0) is 42.3 Å². The number of para-hydroxylation sites is 1. The second-order valence-electron chi connectivity index (χ2n) is 4.79. The molecule has 0 spiro atoms. The maximum Gasteiger partial charge on any atom is 0.134 e. The van der Waals surface area contributed by atoms with Crippen molar-refractivity contribution in [2.75, 3.05) is 0 Å². The lowest BCUT2D eigenvalue weighted by atomic mass is 10.00. The summed E-state index contributed by atoms with van der Waals surface area (Å²) in [7, 11) is 0. The van der Waals surface area contributed by atoms with Gasteiger partial charge in [0.2, 0.25) is 0 Å². The summed E-state index contributed by atoms with van der Waals surface area (Å²) in [5.41, 5.74) is 5.78. The maximum absolute atomic E-state index is 6.08. The molecule has 1 unspecified atom stereocenters. The van der Waals surface area contributed by atoms with E-state index in [1.807, 2.05) is 55.5 Å². The molecule has 3 nitrogen and oxygen atoms in total. The highest BCUT2D eigenvalue weighted by Crippen LogP contribution is 2.30. The number of furan rings is 1. The summed E-state index contributed by atoms with van der Waals surface area (Å²) < 4.78 is 5.88. The monoisotopic (exact) mass is 286 g/mol. The molecule has 4 heteroatoms. The minimum atomic E-state index is -0.221. The molecule has 0 amide bonds. The molecule has 0 radical (unpaired) electrons. The number of hydrogen-bond donors (Lipinski definition) is 2. The van der Waals surface area contributed by atoms with Gasteiger partial charge in [0.05, 0.1) is 0 Å². The van der Waals surface area contributed by atoms with Crippen molar-refractivity contribution in [1.29, 1.82) is 0 Å². The lowest BCUT2D eigenvalue weighted by Crippen LogP contribution is -2.29. The summed E-state index contributed by atoms with van der Waals surface area (Å²) in [6.07, 6.45) is 0. The second kappa shape index (κ2) is 5.29. The van der Waals surface area contributed by atoms with Gasteiger partial charge in [0.1, 0.15) is 17.4 Å². The van der Waals surface area contributed by atoms with Gasteiger partial charge < -0.3 is 4.42 Å². The third-order valence-electron chi connectivity index (χ3n) is 3.45. The van der Waals surface area contributed by atoms with Crippen molar-refractivity contribution in [3.63, 3.8) is 0 Å². The summed E-state index contributed by atoms with van der Waals surface area (Å²) in [6, 6.07) is 15.4. The van der Waals surface area contributed by atoms with Gasteiger partial charge in [0.25, 0.3) is 0 Å². The molecular weight excluding hydrogens is 272 g/mol. The maximum atomic E-state index is 6.08.